The van der Waals surface area contributed by atoms with Crippen molar-refractivity contribution in [3.8, 4) is 0 Å². The minimum Gasteiger partial charge on any atom is -0.464 e. The monoisotopic (exact) mass is 311 g/mol. The average molecular weight is 311 g/mol. The van der Waals surface area contributed by atoms with E-state index < -0.39 is 12.1 Å². The quantitative estimate of drug-likeness (QED) is 0.379. The maximum absolute atomic E-state index is 11.9. The molecule has 0 unspecified atom stereocenters. The number of carbonyl (C=O) groups excluding carboxylic acids is 2. The molecule has 1 N–H and O–H groups in total. The van der Waals surface area contributed by atoms with E-state index in [0.717, 1.165) is 51.4 Å². The number of hydrogen-bond acceptors (Lipinski definition) is 4. The SMILES string of the molecule is C=CCCCCC[C@H](NC(=O)OC1CCCC1)C(=O)OCC. The first-order valence-electron chi connectivity index (χ1n) is 8.42. The summed E-state index contributed by atoms with van der Waals surface area (Å²) in [6, 6.07) is -0.613. The van der Waals surface area contributed by atoms with Crippen LogP contribution in [0, 0.1) is 0 Å². The van der Waals surface area contributed by atoms with Gasteiger partial charge in [-0.15, -0.1) is 6.58 Å². The Morgan fingerprint density at radius 3 is 2.64 bits per heavy atom. The number of unbranched alkanes of at least 4 members (excludes halogenated alkanes) is 3. The van der Waals surface area contributed by atoms with Crippen molar-refractivity contribution in [2.24, 2.45) is 0 Å². The summed E-state index contributed by atoms with van der Waals surface area (Å²) in [6.07, 6.45) is 9.88. The van der Waals surface area contributed by atoms with Gasteiger partial charge in [-0.3, -0.25) is 0 Å². The van der Waals surface area contributed by atoms with E-state index in [1.807, 2.05) is 6.08 Å². The number of allylic oxidation sites excluding steroid dienone is 1. The first-order valence-corrected chi connectivity index (χ1v) is 8.42. The lowest BCUT2D eigenvalue weighted by Crippen LogP contribution is -2.43. The Bertz CT molecular complexity index is 351. The Labute approximate surface area is 133 Å². The van der Waals surface area contributed by atoms with Crippen molar-refractivity contribution in [2.75, 3.05) is 6.61 Å². The second kappa shape index (κ2) is 11.1. The van der Waals surface area contributed by atoms with Crippen LogP contribution in [0.25, 0.3) is 0 Å². The van der Waals surface area contributed by atoms with E-state index >= 15 is 0 Å². The number of amides is 1. The van der Waals surface area contributed by atoms with E-state index in [-0.39, 0.29) is 12.1 Å². The zero-order valence-electron chi connectivity index (χ0n) is 13.6. The van der Waals surface area contributed by atoms with Crippen molar-refractivity contribution in [3.05, 3.63) is 12.7 Å². The zero-order chi connectivity index (χ0) is 16.2. The summed E-state index contributed by atoms with van der Waals surface area (Å²) in [7, 11) is 0. The molecule has 0 aromatic rings. The lowest BCUT2D eigenvalue weighted by Gasteiger charge is -2.19. The molecular weight excluding hydrogens is 282 g/mol. The third kappa shape index (κ3) is 7.48. The molecule has 0 aliphatic heterocycles. The number of esters is 1. The van der Waals surface area contributed by atoms with Gasteiger partial charge in [0.1, 0.15) is 12.1 Å². The van der Waals surface area contributed by atoms with E-state index in [0.29, 0.717) is 13.0 Å². The van der Waals surface area contributed by atoms with Crippen molar-refractivity contribution in [1.82, 2.24) is 5.32 Å². The molecule has 0 spiro atoms. The van der Waals surface area contributed by atoms with Gasteiger partial charge < -0.3 is 14.8 Å². The Kier molecular flexibility index (Phi) is 9.35. The zero-order valence-corrected chi connectivity index (χ0v) is 13.6. The highest BCUT2D eigenvalue weighted by atomic mass is 16.6. The summed E-state index contributed by atoms with van der Waals surface area (Å²) in [6.45, 7) is 5.76. The molecule has 0 aromatic carbocycles. The van der Waals surface area contributed by atoms with Crippen LogP contribution in [0.2, 0.25) is 0 Å². The molecule has 1 fully saturated rings. The molecule has 1 aliphatic rings. The standard InChI is InChI=1S/C17H29NO4/c1-3-5-6-7-8-13-15(16(19)21-4-2)18-17(20)22-14-11-9-10-12-14/h3,14-15H,1,4-13H2,2H3,(H,18,20)/t15-/m0/s1. The smallest absolute Gasteiger partial charge is 0.408 e. The van der Waals surface area contributed by atoms with Crippen molar-refractivity contribution < 1.29 is 19.1 Å². The number of hydrogen-bond donors (Lipinski definition) is 1. The number of alkyl carbamates (subject to hydrolysis) is 1. The van der Waals surface area contributed by atoms with Gasteiger partial charge in [0, 0.05) is 0 Å². The van der Waals surface area contributed by atoms with E-state index in [2.05, 4.69) is 11.9 Å². The number of nitrogens with one attached hydrogen (secondary N) is 1. The van der Waals surface area contributed by atoms with Crippen LogP contribution in [0.4, 0.5) is 4.79 Å². The molecule has 5 nitrogen and oxygen atoms in total. The van der Waals surface area contributed by atoms with Crippen molar-refractivity contribution in [2.45, 2.75) is 76.9 Å². The summed E-state index contributed by atoms with van der Waals surface area (Å²) in [5.41, 5.74) is 0. The van der Waals surface area contributed by atoms with Gasteiger partial charge in [-0.1, -0.05) is 18.9 Å². The van der Waals surface area contributed by atoms with Gasteiger partial charge in [-0.25, -0.2) is 9.59 Å². The molecule has 1 saturated carbocycles. The predicted octanol–water partition coefficient (Wildman–Crippen LogP) is 3.72. The molecule has 0 saturated heterocycles. The highest BCUT2D eigenvalue weighted by molar-refractivity contribution is 5.81. The fraction of sp³-hybridized carbons (Fsp3) is 0.765. The van der Waals surface area contributed by atoms with Gasteiger partial charge in [-0.05, 0) is 51.9 Å². The highest BCUT2D eigenvalue weighted by Crippen LogP contribution is 2.21. The molecular formula is C17H29NO4. The van der Waals surface area contributed by atoms with Crippen molar-refractivity contribution >= 4 is 12.1 Å². The first-order chi connectivity index (χ1) is 10.7. The Morgan fingerprint density at radius 2 is 2.00 bits per heavy atom. The van der Waals surface area contributed by atoms with Crippen LogP contribution in [0.1, 0.15) is 64.7 Å². The maximum atomic E-state index is 11.9. The lowest BCUT2D eigenvalue weighted by molar-refractivity contribution is -0.145. The van der Waals surface area contributed by atoms with Crippen LogP contribution in [-0.2, 0) is 14.3 Å². The van der Waals surface area contributed by atoms with Gasteiger partial charge in [-0.2, -0.15) is 0 Å². The Morgan fingerprint density at radius 1 is 1.27 bits per heavy atom. The third-order valence-electron chi connectivity index (χ3n) is 3.84. The van der Waals surface area contributed by atoms with Gasteiger partial charge in [0.05, 0.1) is 6.61 Å². The fourth-order valence-electron chi connectivity index (χ4n) is 2.64. The van der Waals surface area contributed by atoms with E-state index in [4.69, 9.17) is 9.47 Å². The minimum absolute atomic E-state index is 0.00423. The number of rotatable bonds is 10. The first kappa shape index (κ1) is 18.5. The highest BCUT2D eigenvalue weighted by Gasteiger charge is 2.25. The van der Waals surface area contributed by atoms with Crippen molar-refractivity contribution in [3.63, 3.8) is 0 Å². The van der Waals surface area contributed by atoms with Crippen LogP contribution in [0.5, 0.6) is 0 Å². The van der Waals surface area contributed by atoms with Crippen LogP contribution in [0.3, 0.4) is 0 Å². The summed E-state index contributed by atoms with van der Waals surface area (Å²) in [4.78, 5) is 23.8. The maximum Gasteiger partial charge on any atom is 0.408 e. The van der Waals surface area contributed by atoms with E-state index in [1.54, 1.807) is 6.92 Å². The van der Waals surface area contributed by atoms with Crippen LogP contribution in [-0.4, -0.2) is 30.8 Å². The topological polar surface area (TPSA) is 64.6 Å². The minimum atomic E-state index is -0.613. The molecule has 0 radical (unpaired) electrons. The molecule has 0 bridgehead atoms. The van der Waals surface area contributed by atoms with Gasteiger partial charge in [0.2, 0.25) is 0 Å². The van der Waals surface area contributed by atoms with E-state index in [9.17, 15) is 9.59 Å². The predicted molar refractivity (Wildman–Crippen MR) is 85.6 cm³/mol. The molecule has 5 heteroatoms. The van der Waals surface area contributed by atoms with E-state index in [1.165, 1.54) is 0 Å². The van der Waals surface area contributed by atoms with Crippen LogP contribution < -0.4 is 5.32 Å². The summed E-state index contributed by atoms with van der Waals surface area (Å²) in [5, 5.41) is 2.66. The van der Waals surface area contributed by atoms with Crippen LogP contribution in [0.15, 0.2) is 12.7 Å². The normalized spacial score (nSPS) is 16.0. The summed E-state index contributed by atoms with van der Waals surface area (Å²) in [5.74, 6) is -0.380. The second-order valence-electron chi connectivity index (χ2n) is 5.69. The Hall–Kier alpha value is -1.52. The fourth-order valence-corrected chi connectivity index (χ4v) is 2.64. The number of carbonyl (C=O) groups is 2. The molecule has 1 amide bonds. The average Bonchev–Trinajstić information content (AvgIpc) is 2.98. The molecule has 0 aromatic heterocycles. The molecule has 0 heterocycles. The van der Waals surface area contributed by atoms with Crippen molar-refractivity contribution in [1.29, 1.82) is 0 Å². The summed E-state index contributed by atoms with van der Waals surface area (Å²) < 4.78 is 10.4. The largest absolute Gasteiger partial charge is 0.464 e. The number of ether oxygens (including phenoxy) is 2. The Balaban J connectivity index is 2.36. The molecule has 22 heavy (non-hydrogen) atoms. The molecule has 126 valence electrons. The lowest BCUT2D eigenvalue weighted by atomic mass is 10.1. The van der Waals surface area contributed by atoms with Gasteiger partial charge in [0.15, 0.2) is 0 Å². The van der Waals surface area contributed by atoms with Gasteiger partial charge >= 0.3 is 12.1 Å². The molecule has 1 rings (SSSR count). The summed E-state index contributed by atoms with van der Waals surface area (Å²) >= 11 is 0. The second-order valence-corrected chi connectivity index (χ2v) is 5.69. The van der Waals surface area contributed by atoms with Crippen LogP contribution >= 0.6 is 0 Å². The van der Waals surface area contributed by atoms with Gasteiger partial charge in [0.25, 0.3) is 0 Å². The third-order valence-corrected chi connectivity index (χ3v) is 3.84. The molecule has 1 aliphatic carbocycles. The molecule has 1 atom stereocenters.